The van der Waals surface area contributed by atoms with Crippen LogP contribution in [-0.4, -0.2) is 49.8 Å². The average molecular weight is 344 g/mol. The lowest BCUT2D eigenvalue weighted by Gasteiger charge is -2.38. The minimum absolute atomic E-state index is 0.437. The summed E-state index contributed by atoms with van der Waals surface area (Å²) in [6, 6.07) is 3.60. The van der Waals surface area contributed by atoms with Gasteiger partial charge in [-0.3, -0.25) is 15.0 Å². The van der Waals surface area contributed by atoms with E-state index in [0.29, 0.717) is 31.7 Å². The van der Waals surface area contributed by atoms with Gasteiger partial charge in [-0.2, -0.15) is 5.10 Å². The summed E-state index contributed by atoms with van der Waals surface area (Å²) in [7, 11) is 0. The lowest BCUT2D eigenvalue weighted by atomic mass is 9.90. The summed E-state index contributed by atoms with van der Waals surface area (Å²) in [4.78, 5) is 18.3. The minimum atomic E-state index is -1.19. The number of carbonyl (C=O) groups is 1. The summed E-state index contributed by atoms with van der Waals surface area (Å²) >= 11 is 0. The van der Waals surface area contributed by atoms with Crippen LogP contribution in [-0.2, 0) is 11.3 Å². The molecule has 1 saturated heterocycles. The lowest BCUT2D eigenvalue weighted by molar-refractivity contribution is -0.159. The van der Waals surface area contributed by atoms with Gasteiger partial charge in [-0.25, -0.2) is 4.79 Å². The van der Waals surface area contributed by atoms with E-state index in [-0.39, 0.29) is 0 Å². The largest absolute Gasteiger partial charge is 0.478 e. The number of aliphatic carboxylic acids is 1. The monoisotopic (exact) mass is 344 g/mol. The van der Waals surface area contributed by atoms with E-state index < -0.39 is 11.6 Å². The molecular formula is C18H24N4O3. The topological polar surface area (TPSA) is 91.3 Å². The Morgan fingerprint density at radius 2 is 2.04 bits per heavy atom. The maximum atomic E-state index is 11.9. The SMILES string of the molecule is Cc1ccc(OC2(C(=O)O)CCN(Cc3c(C)n[nH]c3C)CC2)cn1. The molecule has 0 atom stereocenters. The molecule has 0 aromatic carbocycles. The fourth-order valence-corrected chi connectivity index (χ4v) is 3.20. The number of hydrogen-bond acceptors (Lipinski definition) is 5. The Hall–Kier alpha value is -2.41. The van der Waals surface area contributed by atoms with Crippen LogP contribution in [0.25, 0.3) is 0 Å². The fraction of sp³-hybridized carbons (Fsp3) is 0.500. The van der Waals surface area contributed by atoms with Gasteiger partial charge in [0, 0.05) is 49.4 Å². The van der Waals surface area contributed by atoms with Gasteiger partial charge in [0.1, 0.15) is 5.75 Å². The Bertz CT molecular complexity index is 727. The van der Waals surface area contributed by atoms with Gasteiger partial charge in [-0.05, 0) is 32.9 Å². The summed E-state index contributed by atoms with van der Waals surface area (Å²) in [6.07, 6.45) is 2.46. The van der Waals surface area contributed by atoms with Crippen LogP contribution in [0.4, 0.5) is 0 Å². The predicted molar refractivity (Wildman–Crippen MR) is 92.5 cm³/mol. The van der Waals surface area contributed by atoms with Gasteiger partial charge in [0.15, 0.2) is 0 Å². The highest BCUT2D eigenvalue weighted by Gasteiger charge is 2.44. The van der Waals surface area contributed by atoms with Crippen molar-refractivity contribution in [1.82, 2.24) is 20.1 Å². The number of ether oxygens (including phenoxy) is 1. The van der Waals surface area contributed by atoms with Gasteiger partial charge in [0.05, 0.1) is 11.9 Å². The molecule has 0 saturated carbocycles. The van der Waals surface area contributed by atoms with Crippen molar-refractivity contribution in [3.8, 4) is 5.75 Å². The molecule has 1 aliphatic rings. The van der Waals surface area contributed by atoms with Crippen molar-refractivity contribution in [3.63, 3.8) is 0 Å². The first-order chi connectivity index (χ1) is 11.9. The highest BCUT2D eigenvalue weighted by Crippen LogP contribution is 2.30. The molecule has 2 aromatic rings. The van der Waals surface area contributed by atoms with Crippen molar-refractivity contribution >= 4 is 5.97 Å². The number of H-pyrrole nitrogens is 1. The molecular weight excluding hydrogens is 320 g/mol. The number of carboxylic acid groups (broad SMARTS) is 1. The number of likely N-dealkylation sites (tertiary alicyclic amines) is 1. The van der Waals surface area contributed by atoms with E-state index in [2.05, 4.69) is 20.1 Å². The van der Waals surface area contributed by atoms with E-state index in [0.717, 1.165) is 23.6 Å². The molecule has 1 aliphatic heterocycles. The van der Waals surface area contributed by atoms with Gasteiger partial charge >= 0.3 is 5.97 Å². The first-order valence-corrected chi connectivity index (χ1v) is 8.47. The Morgan fingerprint density at radius 1 is 1.32 bits per heavy atom. The van der Waals surface area contributed by atoms with Crippen LogP contribution >= 0.6 is 0 Å². The summed E-state index contributed by atoms with van der Waals surface area (Å²) in [6.45, 7) is 7.97. The Labute approximate surface area is 147 Å². The molecule has 25 heavy (non-hydrogen) atoms. The predicted octanol–water partition coefficient (Wildman–Crippen LogP) is 2.23. The Balaban J connectivity index is 1.68. The van der Waals surface area contributed by atoms with Crippen molar-refractivity contribution < 1.29 is 14.6 Å². The van der Waals surface area contributed by atoms with Crippen LogP contribution in [0.3, 0.4) is 0 Å². The van der Waals surface area contributed by atoms with Crippen LogP contribution in [0, 0.1) is 20.8 Å². The van der Waals surface area contributed by atoms with Gasteiger partial charge in [-0.1, -0.05) is 0 Å². The number of piperidine rings is 1. The average Bonchev–Trinajstić information content (AvgIpc) is 2.90. The fourth-order valence-electron chi connectivity index (χ4n) is 3.20. The number of pyridine rings is 1. The summed E-state index contributed by atoms with van der Waals surface area (Å²) < 4.78 is 5.88. The second-order valence-corrected chi connectivity index (χ2v) is 6.73. The summed E-state index contributed by atoms with van der Waals surface area (Å²) in [5, 5.41) is 17.0. The van der Waals surface area contributed by atoms with Crippen molar-refractivity contribution in [1.29, 1.82) is 0 Å². The number of aromatic amines is 1. The number of nitrogens with zero attached hydrogens (tertiary/aromatic N) is 3. The zero-order chi connectivity index (χ0) is 18.0. The summed E-state index contributed by atoms with van der Waals surface area (Å²) in [5.41, 5.74) is 2.93. The minimum Gasteiger partial charge on any atom is -0.478 e. The molecule has 3 heterocycles. The molecule has 7 heteroatoms. The molecule has 2 N–H and O–H groups in total. The normalized spacial score (nSPS) is 17.4. The van der Waals surface area contributed by atoms with Crippen molar-refractivity contribution in [3.05, 3.63) is 41.0 Å². The first-order valence-electron chi connectivity index (χ1n) is 8.47. The van der Waals surface area contributed by atoms with Crippen molar-refractivity contribution in [2.45, 2.75) is 45.8 Å². The first kappa shape index (κ1) is 17.4. The maximum absolute atomic E-state index is 11.9. The lowest BCUT2D eigenvalue weighted by Crippen LogP contribution is -2.53. The molecule has 0 aliphatic carbocycles. The van der Waals surface area contributed by atoms with E-state index in [1.54, 1.807) is 12.3 Å². The quantitative estimate of drug-likeness (QED) is 0.864. The molecule has 0 spiro atoms. The highest BCUT2D eigenvalue weighted by atomic mass is 16.5. The van der Waals surface area contributed by atoms with Gasteiger partial charge in [0.25, 0.3) is 0 Å². The third-order valence-electron chi connectivity index (χ3n) is 4.91. The molecule has 3 rings (SSSR count). The van der Waals surface area contributed by atoms with Crippen molar-refractivity contribution in [2.24, 2.45) is 0 Å². The number of carboxylic acids is 1. The number of aryl methyl sites for hydroxylation is 3. The zero-order valence-corrected chi connectivity index (χ0v) is 14.9. The number of nitrogens with one attached hydrogen (secondary N) is 1. The number of rotatable bonds is 5. The Morgan fingerprint density at radius 3 is 2.56 bits per heavy atom. The maximum Gasteiger partial charge on any atom is 0.348 e. The van der Waals surface area contributed by atoms with Gasteiger partial charge in [-0.15, -0.1) is 0 Å². The highest BCUT2D eigenvalue weighted by molar-refractivity contribution is 5.78. The standard InChI is InChI=1S/C18H24N4O3/c1-12-4-5-15(10-19-12)25-18(17(23)24)6-8-22(9-7-18)11-16-13(2)20-21-14(16)3/h4-5,10H,6-9,11H2,1-3H3,(H,20,21)(H,23,24). The van der Waals surface area contributed by atoms with Gasteiger partial charge in [0.2, 0.25) is 5.60 Å². The molecule has 0 bridgehead atoms. The van der Waals surface area contributed by atoms with Crippen LogP contribution in [0.5, 0.6) is 5.75 Å². The van der Waals surface area contributed by atoms with E-state index in [4.69, 9.17) is 4.74 Å². The Kier molecular flexibility index (Phi) is 4.76. The van der Waals surface area contributed by atoms with E-state index in [1.165, 1.54) is 5.56 Å². The molecule has 134 valence electrons. The van der Waals surface area contributed by atoms with Gasteiger partial charge < -0.3 is 9.84 Å². The second kappa shape index (κ2) is 6.84. The van der Waals surface area contributed by atoms with E-state index in [1.807, 2.05) is 26.8 Å². The van der Waals surface area contributed by atoms with Crippen LogP contribution < -0.4 is 4.74 Å². The number of hydrogen-bond donors (Lipinski definition) is 2. The van der Waals surface area contributed by atoms with Crippen LogP contribution in [0.15, 0.2) is 18.3 Å². The molecule has 2 aromatic heterocycles. The van der Waals surface area contributed by atoms with Crippen molar-refractivity contribution in [2.75, 3.05) is 13.1 Å². The smallest absolute Gasteiger partial charge is 0.348 e. The zero-order valence-electron chi connectivity index (χ0n) is 14.9. The van der Waals surface area contributed by atoms with Crippen LogP contribution in [0.1, 0.15) is 35.5 Å². The molecule has 1 fully saturated rings. The molecule has 0 radical (unpaired) electrons. The molecule has 7 nitrogen and oxygen atoms in total. The second-order valence-electron chi connectivity index (χ2n) is 6.73. The third-order valence-corrected chi connectivity index (χ3v) is 4.91. The molecule has 0 amide bonds. The third kappa shape index (κ3) is 3.66. The molecule has 0 unspecified atom stereocenters. The van der Waals surface area contributed by atoms with Crippen LogP contribution in [0.2, 0.25) is 0 Å². The summed E-state index contributed by atoms with van der Waals surface area (Å²) in [5.74, 6) is -0.411. The van der Waals surface area contributed by atoms with E-state index >= 15 is 0 Å². The van der Waals surface area contributed by atoms with E-state index in [9.17, 15) is 9.90 Å². The number of aromatic nitrogens is 3.